The lowest BCUT2D eigenvalue weighted by molar-refractivity contribution is -0.139. The van der Waals surface area contributed by atoms with Crippen LogP contribution in [0.4, 0.5) is 4.79 Å². The largest absolute Gasteiger partial charge is 0.432 e. The third-order valence-electron chi connectivity index (χ3n) is 6.64. The summed E-state index contributed by atoms with van der Waals surface area (Å²) in [5.74, 6) is 0.763. The number of nitrogens with one attached hydrogen (secondary N) is 1. The number of benzene rings is 2. The first-order valence-electron chi connectivity index (χ1n) is 13.5. The normalized spacial score (nSPS) is 13.7. The number of hydrogen-bond acceptors (Lipinski definition) is 5. The molecule has 0 aliphatic carbocycles. The van der Waals surface area contributed by atoms with Crippen molar-refractivity contribution >= 4 is 29.2 Å². The molecule has 2 aromatic rings. The van der Waals surface area contributed by atoms with Gasteiger partial charge in [0.2, 0.25) is 0 Å². The van der Waals surface area contributed by atoms with Gasteiger partial charge in [-0.25, -0.2) is 4.79 Å². The number of allylic oxidation sites excluding steroid dienone is 3. The van der Waals surface area contributed by atoms with E-state index in [9.17, 15) is 9.59 Å². The van der Waals surface area contributed by atoms with Crippen LogP contribution in [0.1, 0.15) is 69.6 Å². The van der Waals surface area contributed by atoms with Crippen molar-refractivity contribution in [2.45, 2.75) is 59.8 Å². The highest BCUT2D eigenvalue weighted by molar-refractivity contribution is 6.30. The topological polar surface area (TPSA) is 67.9 Å². The number of nitrogens with zero attached hydrogens (tertiary/aromatic N) is 1. The number of aryl methyl sites for hydroxylation is 1. The molecule has 2 rings (SSSR count). The summed E-state index contributed by atoms with van der Waals surface area (Å²) in [5, 5.41) is 3.46. The zero-order valence-electron chi connectivity index (χ0n) is 24.3. The molecule has 2 aromatic carbocycles. The quantitative estimate of drug-likeness (QED) is 0.202. The molecule has 0 aliphatic heterocycles. The molecule has 1 amide bonds. The lowest BCUT2D eigenvalue weighted by Crippen LogP contribution is -2.32. The molecule has 0 radical (unpaired) electrons. The van der Waals surface area contributed by atoms with Gasteiger partial charge in [0, 0.05) is 29.6 Å². The highest BCUT2D eigenvalue weighted by Gasteiger charge is 2.21. The highest BCUT2D eigenvalue weighted by Crippen LogP contribution is 2.33. The minimum absolute atomic E-state index is 0.0924. The van der Waals surface area contributed by atoms with Crippen LogP contribution in [0.5, 0.6) is 5.75 Å². The number of ether oxygens (including phenoxy) is 2. The zero-order valence-corrected chi connectivity index (χ0v) is 25.1. The molecule has 6 nitrogen and oxygen atoms in total. The molecule has 1 N–H and O–H groups in total. The molecule has 0 saturated carbocycles. The Kier molecular flexibility index (Phi) is 13.3. The summed E-state index contributed by atoms with van der Waals surface area (Å²) >= 11 is 6.06. The van der Waals surface area contributed by atoms with Gasteiger partial charge < -0.3 is 19.7 Å². The summed E-state index contributed by atoms with van der Waals surface area (Å²) < 4.78 is 11.2. The van der Waals surface area contributed by atoms with Gasteiger partial charge in [0.25, 0.3) is 0 Å². The van der Waals surface area contributed by atoms with Gasteiger partial charge in [0.1, 0.15) is 11.5 Å². The maximum atomic E-state index is 13.0. The number of hydrogen-bond donors (Lipinski definition) is 1. The number of carbonyl (C=O) groups is 2. The molecule has 0 bridgehead atoms. The van der Waals surface area contributed by atoms with Crippen LogP contribution in [-0.4, -0.2) is 44.1 Å². The SMILES string of the molecule is C/C=C(\C)OC(=O)CC(CNC(=O)Oc1cccc(C)c1/C(=C\C(C)CC)CCN(C)C)c1ccc(Cl)cc1. The standard InChI is InChI=1S/C32H43ClN2O4/c1-8-22(3)19-26(17-18-35(6)7)31-23(4)11-10-12-29(31)39-32(37)34-21-27(20-30(36)38-24(5)9-2)25-13-15-28(33)16-14-25/h9-16,19,22,27H,8,17-18,20-21H2,1-7H3,(H,34,37)/b24-9+,26-19-. The molecule has 0 fully saturated rings. The summed E-state index contributed by atoms with van der Waals surface area (Å²) in [6, 6.07) is 13.0. The fourth-order valence-corrected chi connectivity index (χ4v) is 4.23. The number of esters is 1. The molecular formula is C32H43ClN2O4. The van der Waals surface area contributed by atoms with E-state index in [1.54, 1.807) is 32.1 Å². The number of amides is 1. The Morgan fingerprint density at radius 3 is 2.44 bits per heavy atom. The second kappa shape index (κ2) is 16.1. The van der Waals surface area contributed by atoms with Crippen molar-refractivity contribution in [2.24, 2.45) is 5.92 Å². The number of carbonyl (C=O) groups excluding carboxylic acids is 2. The van der Waals surface area contributed by atoms with E-state index in [2.05, 4.69) is 44.2 Å². The lowest BCUT2D eigenvalue weighted by atomic mass is 9.93. The molecule has 2 unspecified atom stereocenters. The van der Waals surface area contributed by atoms with E-state index < -0.39 is 6.09 Å². The zero-order chi connectivity index (χ0) is 28.9. The van der Waals surface area contributed by atoms with Gasteiger partial charge in [-0.1, -0.05) is 62.2 Å². The Hall–Kier alpha value is -3.09. The van der Waals surface area contributed by atoms with E-state index in [1.165, 1.54) is 5.57 Å². The summed E-state index contributed by atoms with van der Waals surface area (Å²) in [6.07, 6.45) is 5.39. The van der Waals surface area contributed by atoms with Gasteiger partial charge in [-0.15, -0.1) is 0 Å². The molecule has 2 atom stereocenters. The van der Waals surface area contributed by atoms with E-state index in [1.807, 2.05) is 37.3 Å². The Balaban J connectivity index is 2.25. The minimum Gasteiger partial charge on any atom is -0.432 e. The highest BCUT2D eigenvalue weighted by atomic mass is 35.5. The molecule has 212 valence electrons. The second-order valence-corrected chi connectivity index (χ2v) is 10.6. The van der Waals surface area contributed by atoms with Crippen LogP contribution in [0.25, 0.3) is 5.57 Å². The number of halogens is 1. The summed E-state index contributed by atoms with van der Waals surface area (Å²) in [6.45, 7) is 11.0. The van der Waals surface area contributed by atoms with Crippen LogP contribution < -0.4 is 10.1 Å². The molecule has 7 heteroatoms. The van der Waals surface area contributed by atoms with E-state index in [0.29, 0.717) is 22.4 Å². The van der Waals surface area contributed by atoms with Crippen LogP contribution in [0, 0.1) is 12.8 Å². The first-order chi connectivity index (χ1) is 18.5. The molecule has 39 heavy (non-hydrogen) atoms. The van der Waals surface area contributed by atoms with Crippen LogP contribution in [-0.2, 0) is 9.53 Å². The van der Waals surface area contributed by atoms with Crippen molar-refractivity contribution in [3.8, 4) is 5.75 Å². The van der Waals surface area contributed by atoms with Crippen molar-refractivity contribution in [1.29, 1.82) is 0 Å². The van der Waals surface area contributed by atoms with Crippen molar-refractivity contribution in [2.75, 3.05) is 27.2 Å². The van der Waals surface area contributed by atoms with Crippen molar-refractivity contribution in [1.82, 2.24) is 10.2 Å². The van der Waals surface area contributed by atoms with E-state index in [4.69, 9.17) is 21.1 Å². The average molecular weight is 555 g/mol. The smallest absolute Gasteiger partial charge is 0.412 e. The van der Waals surface area contributed by atoms with Gasteiger partial charge in [0.05, 0.1) is 6.42 Å². The van der Waals surface area contributed by atoms with Crippen molar-refractivity contribution in [3.63, 3.8) is 0 Å². The van der Waals surface area contributed by atoms with Crippen molar-refractivity contribution < 1.29 is 19.1 Å². The monoisotopic (exact) mass is 554 g/mol. The molecule has 0 saturated heterocycles. The first kappa shape index (κ1) is 32.1. The molecule has 0 aliphatic rings. The van der Waals surface area contributed by atoms with Gasteiger partial charge in [-0.05, 0) is 88.2 Å². The predicted molar refractivity (Wildman–Crippen MR) is 160 cm³/mol. The summed E-state index contributed by atoms with van der Waals surface area (Å²) in [5.41, 5.74) is 4.04. The Morgan fingerprint density at radius 1 is 1.13 bits per heavy atom. The summed E-state index contributed by atoms with van der Waals surface area (Å²) in [7, 11) is 4.10. The maximum absolute atomic E-state index is 13.0. The van der Waals surface area contributed by atoms with E-state index in [0.717, 1.165) is 36.1 Å². The van der Waals surface area contributed by atoms with E-state index in [-0.39, 0.29) is 24.9 Å². The van der Waals surface area contributed by atoms with Crippen LogP contribution in [0.3, 0.4) is 0 Å². The Bertz CT molecular complexity index is 1160. The van der Waals surface area contributed by atoms with Crippen LogP contribution in [0.2, 0.25) is 5.02 Å². The fraction of sp³-hybridized carbons (Fsp3) is 0.438. The van der Waals surface area contributed by atoms with Crippen molar-refractivity contribution in [3.05, 3.63) is 82.1 Å². The summed E-state index contributed by atoms with van der Waals surface area (Å²) in [4.78, 5) is 27.7. The molecule has 0 spiro atoms. The van der Waals surface area contributed by atoms with Crippen LogP contribution >= 0.6 is 11.6 Å². The average Bonchev–Trinajstić information content (AvgIpc) is 2.89. The first-order valence-corrected chi connectivity index (χ1v) is 13.9. The maximum Gasteiger partial charge on any atom is 0.412 e. The molecule has 0 heterocycles. The minimum atomic E-state index is -0.575. The Labute approximate surface area is 239 Å². The second-order valence-electron chi connectivity index (χ2n) is 10.2. The lowest BCUT2D eigenvalue weighted by Gasteiger charge is -2.20. The van der Waals surface area contributed by atoms with Crippen LogP contribution in [0.15, 0.2) is 60.4 Å². The van der Waals surface area contributed by atoms with Gasteiger partial charge >= 0.3 is 12.1 Å². The third kappa shape index (κ3) is 10.9. The third-order valence-corrected chi connectivity index (χ3v) is 6.90. The van der Waals surface area contributed by atoms with Gasteiger partial charge in [-0.2, -0.15) is 0 Å². The molecule has 0 aromatic heterocycles. The predicted octanol–water partition coefficient (Wildman–Crippen LogP) is 7.76. The van der Waals surface area contributed by atoms with Gasteiger partial charge in [0.15, 0.2) is 0 Å². The van der Waals surface area contributed by atoms with E-state index >= 15 is 0 Å². The number of rotatable bonds is 13. The molecular weight excluding hydrogens is 512 g/mol. The van der Waals surface area contributed by atoms with Gasteiger partial charge in [-0.3, -0.25) is 4.79 Å². The Morgan fingerprint density at radius 2 is 1.82 bits per heavy atom. The fourth-order valence-electron chi connectivity index (χ4n) is 4.10.